The van der Waals surface area contributed by atoms with Crippen molar-refractivity contribution < 1.29 is 9.47 Å². The van der Waals surface area contributed by atoms with Gasteiger partial charge in [-0.05, 0) is 17.7 Å². The smallest absolute Gasteiger partial charge is 0.0827 e. The van der Waals surface area contributed by atoms with Crippen molar-refractivity contribution in [3.05, 3.63) is 34.9 Å². The molecule has 0 N–H and O–H groups in total. The first-order chi connectivity index (χ1) is 8.24. The van der Waals surface area contributed by atoms with E-state index in [1.165, 1.54) is 0 Å². The van der Waals surface area contributed by atoms with Crippen LogP contribution in [0.3, 0.4) is 0 Å². The zero-order valence-electron chi connectivity index (χ0n) is 9.62. The highest BCUT2D eigenvalue weighted by Gasteiger charge is 2.32. The van der Waals surface area contributed by atoms with Gasteiger partial charge in [0.15, 0.2) is 0 Å². The number of hydrogen-bond acceptors (Lipinski definition) is 2. The van der Waals surface area contributed by atoms with Crippen molar-refractivity contribution in [1.82, 2.24) is 0 Å². The number of alkyl halides is 1. The normalized spacial score (nSPS) is 19.2. The molecule has 0 aliphatic carbocycles. The summed E-state index contributed by atoms with van der Waals surface area (Å²) in [6.45, 7) is 2.16. The van der Waals surface area contributed by atoms with Crippen LogP contribution in [0.2, 0.25) is 5.02 Å². The van der Waals surface area contributed by atoms with Crippen LogP contribution in [-0.2, 0) is 16.1 Å². The molecule has 1 aromatic rings. The van der Waals surface area contributed by atoms with E-state index in [2.05, 4.69) is 15.9 Å². The van der Waals surface area contributed by atoms with Crippen LogP contribution in [0.5, 0.6) is 0 Å². The van der Waals surface area contributed by atoms with Crippen molar-refractivity contribution >= 4 is 27.5 Å². The molecule has 94 valence electrons. The van der Waals surface area contributed by atoms with Crippen molar-refractivity contribution in [2.75, 3.05) is 18.5 Å². The second-order valence-electron chi connectivity index (χ2n) is 4.35. The van der Waals surface area contributed by atoms with E-state index < -0.39 is 0 Å². The summed E-state index contributed by atoms with van der Waals surface area (Å²) in [7, 11) is 0. The standard InChI is InChI=1S/C13H16BrClO2/c14-10-13(4-6-16-7-5-13)17-9-11-2-1-3-12(15)8-11/h1-3,8H,4-7,9-10H2. The van der Waals surface area contributed by atoms with E-state index in [-0.39, 0.29) is 5.60 Å². The minimum Gasteiger partial charge on any atom is -0.381 e. The van der Waals surface area contributed by atoms with E-state index in [1.54, 1.807) is 0 Å². The fraction of sp³-hybridized carbons (Fsp3) is 0.538. The van der Waals surface area contributed by atoms with Crippen LogP contribution in [0.1, 0.15) is 18.4 Å². The second-order valence-corrected chi connectivity index (χ2v) is 5.34. The van der Waals surface area contributed by atoms with Gasteiger partial charge in [-0.1, -0.05) is 39.7 Å². The average molecular weight is 320 g/mol. The summed E-state index contributed by atoms with van der Waals surface area (Å²) < 4.78 is 11.5. The van der Waals surface area contributed by atoms with Gasteiger partial charge < -0.3 is 9.47 Å². The number of rotatable bonds is 4. The molecular weight excluding hydrogens is 303 g/mol. The largest absolute Gasteiger partial charge is 0.381 e. The molecule has 0 bridgehead atoms. The molecule has 0 spiro atoms. The van der Waals surface area contributed by atoms with Gasteiger partial charge in [-0.15, -0.1) is 0 Å². The SMILES string of the molecule is Clc1cccc(COC2(CBr)CCOCC2)c1. The lowest BCUT2D eigenvalue weighted by Gasteiger charge is -2.35. The lowest BCUT2D eigenvalue weighted by Crippen LogP contribution is -2.40. The molecule has 0 atom stereocenters. The van der Waals surface area contributed by atoms with Gasteiger partial charge in [-0.2, -0.15) is 0 Å². The molecule has 0 radical (unpaired) electrons. The van der Waals surface area contributed by atoms with Crippen molar-refractivity contribution in [1.29, 1.82) is 0 Å². The first-order valence-electron chi connectivity index (χ1n) is 5.76. The van der Waals surface area contributed by atoms with Crippen LogP contribution < -0.4 is 0 Å². The van der Waals surface area contributed by atoms with Gasteiger partial charge in [0.05, 0.1) is 12.2 Å². The van der Waals surface area contributed by atoms with Gasteiger partial charge in [0.2, 0.25) is 0 Å². The molecule has 1 aromatic carbocycles. The van der Waals surface area contributed by atoms with Crippen LogP contribution in [0.4, 0.5) is 0 Å². The third kappa shape index (κ3) is 3.68. The first kappa shape index (κ1) is 13.3. The lowest BCUT2D eigenvalue weighted by molar-refractivity contribution is -0.103. The number of hydrogen-bond donors (Lipinski definition) is 0. The van der Waals surface area contributed by atoms with Crippen molar-refractivity contribution in [2.24, 2.45) is 0 Å². The van der Waals surface area contributed by atoms with Crippen molar-refractivity contribution in [3.8, 4) is 0 Å². The Hall–Kier alpha value is -0.0900. The Balaban J connectivity index is 1.95. The second kappa shape index (κ2) is 6.19. The van der Waals surface area contributed by atoms with Crippen LogP contribution in [-0.4, -0.2) is 24.1 Å². The Labute approximate surface area is 115 Å². The molecule has 2 rings (SSSR count). The quantitative estimate of drug-likeness (QED) is 0.786. The zero-order chi connectivity index (χ0) is 12.1. The fourth-order valence-corrected chi connectivity index (χ4v) is 2.86. The molecule has 0 aromatic heterocycles. The maximum Gasteiger partial charge on any atom is 0.0827 e. The summed E-state index contributed by atoms with van der Waals surface area (Å²) in [5, 5.41) is 1.61. The molecule has 2 nitrogen and oxygen atoms in total. The predicted molar refractivity (Wildman–Crippen MR) is 72.8 cm³/mol. The van der Waals surface area contributed by atoms with E-state index >= 15 is 0 Å². The number of benzene rings is 1. The molecule has 1 aliphatic rings. The Morgan fingerprint density at radius 1 is 1.35 bits per heavy atom. The third-order valence-corrected chi connectivity index (χ3v) is 4.34. The predicted octanol–water partition coefficient (Wildman–Crippen LogP) is 3.80. The summed E-state index contributed by atoms with van der Waals surface area (Å²) in [6, 6.07) is 7.81. The minimum atomic E-state index is -0.0828. The molecular formula is C13H16BrClO2. The number of ether oxygens (including phenoxy) is 2. The van der Waals surface area contributed by atoms with Gasteiger partial charge in [0, 0.05) is 36.4 Å². The van der Waals surface area contributed by atoms with E-state index in [0.29, 0.717) is 6.61 Å². The van der Waals surface area contributed by atoms with Crippen LogP contribution >= 0.6 is 27.5 Å². The van der Waals surface area contributed by atoms with Gasteiger partial charge in [-0.3, -0.25) is 0 Å². The molecule has 1 heterocycles. The first-order valence-corrected chi connectivity index (χ1v) is 7.26. The summed E-state index contributed by atoms with van der Waals surface area (Å²) >= 11 is 9.50. The van der Waals surface area contributed by atoms with Crippen LogP contribution in [0, 0.1) is 0 Å². The Bertz CT molecular complexity index is 364. The van der Waals surface area contributed by atoms with E-state index in [0.717, 1.165) is 42.0 Å². The molecule has 1 fully saturated rings. The lowest BCUT2D eigenvalue weighted by atomic mass is 9.96. The molecule has 1 saturated heterocycles. The Kier molecular flexibility index (Phi) is 4.86. The van der Waals surface area contributed by atoms with Gasteiger partial charge in [-0.25, -0.2) is 0 Å². The van der Waals surface area contributed by atoms with E-state index in [4.69, 9.17) is 21.1 Å². The summed E-state index contributed by atoms with van der Waals surface area (Å²) in [6.07, 6.45) is 1.89. The topological polar surface area (TPSA) is 18.5 Å². The van der Waals surface area contributed by atoms with E-state index in [9.17, 15) is 0 Å². The highest BCUT2D eigenvalue weighted by molar-refractivity contribution is 9.09. The highest BCUT2D eigenvalue weighted by atomic mass is 79.9. The zero-order valence-corrected chi connectivity index (χ0v) is 12.0. The maximum absolute atomic E-state index is 6.08. The minimum absolute atomic E-state index is 0.0828. The van der Waals surface area contributed by atoms with Crippen molar-refractivity contribution in [2.45, 2.75) is 25.0 Å². The molecule has 4 heteroatoms. The molecule has 17 heavy (non-hydrogen) atoms. The third-order valence-electron chi connectivity index (χ3n) is 3.08. The number of halogens is 2. The van der Waals surface area contributed by atoms with Crippen molar-refractivity contribution in [3.63, 3.8) is 0 Å². The summed E-state index contributed by atoms with van der Waals surface area (Å²) in [5.41, 5.74) is 1.03. The maximum atomic E-state index is 6.08. The van der Waals surface area contributed by atoms with E-state index in [1.807, 2.05) is 24.3 Å². The average Bonchev–Trinajstić information content (AvgIpc) is 2.38. The van der Waals surface area contributed by atoms with Crippen LogP contribution in [0.15, 0.2) is 24.3 Å². The highest BCUT2D eigenvalue weighted by Crippen LogP contribution is 2.28. The van der Waals surface area contributed by atoms with Gasteiger partial charge in [0.25, 0.3) is 0 Å². The Morgan fingerprint density at radius 3 is 2.76 bits per heavy atom. The summed E-state index contributed by atoms with van der Waals surface area (Å²) in [5.74, 6) is 0. The fourth-order valence-electron chi connectivity index (χ4n) is 1.92. The molecule has 0 amide bonds. The molecule has 1 aliphatic heterocycles. The van der Waals surface area contributed by atoms with Gasteiger partial charge in [0.1, 0.15) is 0 Å². The summed E-state index contributed by atoms with van der Waals surface area (Å²) in [4.78, 5) is 0. The van der Waals surface area contributed by atoms with Gasteiger partial charge >= 0.3 is 0 Å². The Morgan fingerprint density at radius 2 is 2.12 bits per heavy atom. The molecule has 0 unspecified atom stereocenters. The monoisotopic (exact) mass is 318 g/mol. The van der Waals surface area contributed by atoms with Crippen LogP contribution in [0.25, 0.3) is 0 Å². The molecule has 0 saturated carbocycles.